The number of hydrogen-bond acceptors (Lipinski definition) is 3. The van der Waals surface area contributed by atoms with Crippen molar-refractivity contribution >= 4 is 11.9 Å². The molecule has 0 radical (unpaired) electrons. The highest BCUT2D eigenvalue weighted by molar-refractivity contribution is 5.78. The Labute approximate surface area is 83.3 Å². The van der Waals surface area contributed by atoms with Crippen LogP contribution in [0.3, 0.4) is 0 Å². The first-order valence-corrected chi connectivity index (χ1v) is 4.81. The van der Waals surface area contributed by atoms with Gasteiger partial charge in [-0.1, -0.05) is 0 Å². The Morgan fingerprint density at radius 3 is 2.71 bits per heavy atom. The quantitative estimate of drug-likeness (QED) is 0.710. The monoisotopic (exact) mass is 200 g/mol. The first-order chi connectivity index (χ1) is 6.52. The summed E-state index contributed by atoms with van der Waals surface area (Å²) in [7, 11) is 0. The third-order valence-electron chi connectivity index (χ3n) is 2.29. The molecule has 0 saturated carbocycles. The zero-order valence-corrected chi connectivity index (χ0v) is 8.56. The Hall–Kier alpha value is -1.10. The number of amides is 1. The third-order valence-corrected chi connectivity index (χ3v) is 2.29. The molecule has 0 bridgehead atoms. The summed E-state index contributed by atoms with van der Waals surface area (Å²) in [5, 5.41) is 12.0. The zero-order valence-electron chi connectivity index (χ0n) is 8.56. The van der Waals surface area contributed by atoms with Gasteiger partial charge < -0.3 is 5.11 Å². The number of hydrazine groups is 1. The molecule has 1 aliphatic rings. The highest BCUT2D eigenvalue weighted by Gasteiger charge is 2.30. The van der Waals surface area contributed by atoms with E-state index in [1.807, 2.05) is 18.9 Å². The van der Waals surface area contributed by atoms with Gasteiger partial charge in [0.05, 0.1) is 6.42 Å². The Bertz CT molecular complexity index is 240. The van der Waals surface area contributed by atoms with Gasteiger partial charge in [-0.3, -0.25) is 14.6 Å². The molecular formula is C9H16N2O3. The van der Waals surface area contributed by atoms with Gasteiger partial charge in [-0.2, -0.15) is 0 Å². The minimum absolute atomic E-state index is 0.00889. The van der Waals surface area contributed by atoms with E-state index in [1.54, 1.807) is 5.01 Å². The molecule has 0 aromatic rings. The van der Waals surface area contributed by atoms with Gasteiger partial charge in [-0.15, -0.1) is 0 Å². The first-order valence-electron chi connectivity index (χ1n) is 4.81. The predicted octanol–water partition coefficient (Wildman–Crippen LogP) is 0.319. The molecule has 1 N–H and O–H groups in total. The van der Waals surface area contributed by atoms with Gasteiger partial charge in [0.15, 0.2) is 0 Å². The highest BCUT2D eigenvalue weighted by Crippen LogP contribution is 2.15. The van der Waals surface area contributed by atoms with E-state index >= 15 is 0 Å². The van der Waals surface area contributed by atoms with E-state index in [4.69, 9.17) is 5.11 Å². The van der Waals surface area contributed by atoms with Crippen LogP contribution in [0.1, 0.15) is 26.7 Å². The zero-order chi connectivity index (χ0) is 10.7. The largest absolute Gasteiger partial charge is 0.481 e. The summed E-state index contributed by atoms with van der Waals surface area (Å²) in [6.07, 6.45) is 0.507. The Kier molecular flexibility index (Phi) is 3.46. The second kappa shape index (κ2) is 4.41. The van der Waals surface area contributed by atoms with E-state index in [2.05, 4.69) is 0 Å². The maximum atomic E-state index is 11.4. The molecule has 0 atom stereocenters. The number of hydrogen-bond donors (Lipinski definition) is 1. The molecule has 1 aliphatic heterocycles. The van der Waals surface area contributed by atoms with Crippen LogP contribution >= 0.6 is 0 Å². The van der Waals surface area contributed by atoms with Crippen LogP contribution in [-0.4, -0.2) is 46.1 Å². The second-order valence-electron chi connectivity index (χ2n) is 3.67. The topological polar surface area (TPSA) is 60.9 Å². The van der Waals surface area contributed by atoms with Gasteiger partial charge in [0, 0.05) is 25.6 Å². The number of nitrogens with zero attached hydrogens (tertiary/aromatic N) is 2. The van der Waals surface area contributed by atoms with E-state index in [-0.39, 0.29) is 24.9 Å². The summed E-state index contributed by atoms with van der Waals surface area (Å²) in [4.78, 5) is 21.8. The fourth-order valence-corrected chi connectivity index (χ4v) is 1.59. The molecule has 1 fully saturated rings. The van der Waals surface area contributed by atoms with Crippen molar-refractivity contribution in [2.75, 3.05) is 13.1 Å². The van der Waals surface area contributed by atoms with E-state index in [0.717, 1.165) is 0 Å². The molecule has 1 saturated heterocycles. The minimum Gasteiger partial charge on any atom is -0.481 e. The van der Waals surface area contributed by atoms with Crippen molar-refractivity contribution in [3.05, 3.63) is 0 Å². The maximum absolute atomic E-state index is 11.4. The highest BCUT2D eigenvalue weighted by atomic mass is 16.4. The van der Waals surface area contributed by atoms with E-state index in [9.17, 15) is 9.59 Å². The van der Waals surface area contributed by atoms with E-state index in [1.165, 1.54) is 0 Å². The number of carbonyl (C=O) groups excluding carboxylic acids is 1. The van der Waals surface area contributed by atoms with Gasteiger partial charge in [0.1, 0.15) is 0 Å². The molecule has 0 aromatic heterocycles. The SMILES string of the molecule is CC(C)N1CCC(=O)N1CCC(=O)O. The fourth-order valence-electron chi connectivity index (χ4n) is 1.59. The van der Waals surface area contributed by atoms with Gasteiger partial charge in [-0.25, -0.2) is 5.01 Å². The third kappa shape index (κ3) is 2.45. The van der Waals surface area contributed by atoms with Gasteiger partial charge >= 0.3 is 5.97 Å². The van der Waals surface area contributed by atoms with Crippen molar-refractivity contribution in [1.29, 1.82) is 0 Å². The van der Waals surface area contributed by atoms with Crippen LogP contribution in [0, 0.1) is 0 Å². The molecule has 80 valence electrons. The molecule has 5 nitrogen and oxygen atoms in total. The number of rotatable bonds is 4. The van der Waals surface area contributed by atoms with Crippen molar-refractivity contribution in [3.8, 4) is 0 Å². The van der Waals surface area contributed by atoms with Crippen LogP contribution in [0.2, 0.25) is 0 Å². The summed E-state index contributed by atoms with van der Waals surface area (Å²) in [6, 6.07) is 0.246. The van der Waals surface area contributed by atoms with E-state index in [0.29, 0.717) is 13.0 Å². The second-order valence-corrected chi connectivity index (χ2v) is 3.67. The van der Waals surface area contributed by atoms with Crippen LogP contribution in [0.15, 0.2) is 0 Å². The molecule has 0 spiro atoms. The lowest BCUT2D eigenvalue weighted by atomic mass is 10.3. The van der Waals surface area contributed by atoms with Crippen LogP contribution in [-0.2, 0) is 9.59 Å². The van der Waals surface area contributed by atoms with Crippen LogP contribution in [0.5, 0.6) is 0 Å². The number of carboxylic acid groups (broad SMARTS) is 1. The molecule has 0 unspecified atom stereocenters. The number of aliphatic carboxylic acids is 1. The standard InChI is InChI=1S/C9H16N2O3/c1-7(2)10-5-3-8(12)11(10)6-4-9(13)14/h7H,3-6H2,1-2H3,(H,13,14). The molecule has 0 aromatic carbocycles. The fraction of sp³-hybridized carbons (Fsp3) is 0.778. The van der Waals surface area contributed by atoms with Gasteiger partial charge in [0.2, 0.25) is 5.91 Å². The summed E-state index contributed by atoms with van der Waals surface area (Å²) < 4.78 is 0. The van der Waals surface area contributed by atoms with Gasteiger partial charge in [0.25, 0.3) is 0 Å². The molecule has 1 rings (SSSR count). The first kappa shape index (κ1) is 11.0. The Morgan fingerprint density at radius 1 is 1.57 bits per heavy atom. The molecular weight excluding hydrogens is 184 g/mol. The lowest BCUT2D eigenvalue weighted by Gasteiger charge is -2.30. The van der Waals surface area contributed by atoms with Crippen LogP contribution < -0.4 is 0 Å². The number of carbonyl (C=O) groups is 2. The minimum atomic E-state index is -0.867. The van der Waals surface area contributed by atoms with Crippen molar-refractivity contribution < 1.29 is 14.7 Å². The maximum Gasteiger partial charge on any atom is 0.305 e. The summed E-state index contributed by atoms with van der Waals surface area (Å²) in [5.41, 5.74) is 0. The smallest absolute Gasteiger partial charge is 0.305 e. The molecule has 5 heteroatoms. The average molecular weight is 200 g/mol. The van der Waals surface area contributed by atoms with Crippen LogP contribution in [0.4, 0.5) is 0 Å². The van der Waals surface area contributed by atoms with Crippen molar-refractivity contribution in [3.63, 3.8) is 0 Å². The van der Waals surface area contributed by atoms with Crippen molar-refractivity contribution in [2.45, 2.75) is 32.7 Å². The average Bonchev–Trinajstić information content (AvgIpc) is 2.43. The van der Waals surface area contributed by atoms with Gasteiger partial charge in [-0.05, 0) is 13.8 Å². The lowest BCUT2D eigenvalue weighted by molar-refractivity contribution is -0.144. The summed E-state index contributed by atoms with van der Waals surface area (Å²) >= 11 is 0. The molecule has 0 aliphatic carbocycles. The van der Waals surface area contributed by atoms with Crippen LogP contribution in [0.25, 0.3) is 0 Å². The van der Waals surface area contributed by atoms with E-state index < -0.39 is 5.97 Å². The van der Waals surface area contributed by atoms with Crippen molar-refractivity contribution in [2.24, 2.45) is 0 Å². The number of carboxylic acids is 1. The predicted molar refractivity (Wildman–Crippen MR) is 50.4 cm³/mol. The molecule has 1 heterocycles. The summed E-state index contributed by atoms with van der Waals surface area (Å²) in [6.45, 7) is 4.97. The Morgan fingerprint density at radius 2 is 2.21 bits per heavy atom. The normalized spacial score (nSPS) is 18.2. The Balaban J connectivity index is 2.53. The lowest BCUT2D eigenvalue weighted by Crippen LogP contribution is -2.44. The van der Waals surface area contributed by atoms with Crippen molar-refractivity contribution in [1.82, 2.24) is 10.0 Å². The molecule has 14 heavy (non-hydrogen) atoms. The summed E-state index contributed by atoms with van der Waals surface area (Å²) in [5.74, 6) is -0.839. The molecule has 1 amide bonds.